The lowest BCUT2D eigenvalue weighted by Gasteiger charge is -2.15. The summed E-state index contributed by atoms with van der Waals surface area (Å²) in [5.41, 5.74) is 0.857. The molecule has 19 heavy (non-hydrogen) atoms. The number of halogens is 1. The van der Waals surface area contributed by atoms with Crippen LogP contribution in [0.3, 0.4) is 0 Å². The van der Waals surface area contributed by atoms with Crippen LogP contribution >= 0.6 is 11.6 Å². The monoisotopic (exact) mass is 283 g/mol. The Hall–Kier alpha value is -1.75. The molecule has 0 bridgehead atoms. The van der Waals surface area contributed by atoms with E-state index >= 15 is 0 Å². The van der Waals surface area contributed by atoms with Crippen molar-refractivity contribution in [2.24, 2.45) is 0 Å². The molecule has 1 aromatic carbocycles. The Balaban J connectivity index is 2.02. The molecule has 1 aliphatic rings. The number of benzene rings is 1. The van der Waals surface area contributed by atoms with Gasteiger partial charge in [0.15, 0.2) is 6.10 Å². The number of carboxylic acids is 1. The second-order valence-electron chi connectivity index (χ2n) is 4.37. The fourth-order valence-electron chi connectivity index (χ4n) is 1.97. The van der Waals surface area contributed by atoms with E-state index in [0.717, 1.165) is 5.56 Å². The largest absolute Gasteiger partial charge is 0.480 e. The van der Waals surface area contributed by atoms with E-state index in [9.17, 15) is 9.59 Å². The van der Waals surface area contributed by atoms with Crippen molar-refractivity contribution in [3.05, 3.63) is 28.8 Å². The van der Waals surface area contributed by atoms with Crippen molar-refractivity contribution < 1.29 is 19.4 Å². The first-order valence-corrected chi connectivity index (χ1v) is 6.37. The van der Waals surface area contributed by atoms with Gasteiger partial charge in [-0.25, -0.2) is 4.79 Å². The molecule has 5 nitrogen and oxygen atoms in total. The first-order valence-electron chi connectivity index (χ1n) is 5.99. The molecule has 1 amide bonds. The zero-order valence-corrected chi connectivity index (χ0v) is 11.1. The maximum Gasteiger partial charge on any atom is 0.326 e. The molecule has 0 aromatic heterocycles. The van der Waals surface area contributed by atoms with Gasteiger partial charge in [0.2, 0.25) is 0 Å². The number of carbonyl (C=O) groups is 2. The lowest BCUT2D eigenvalue weighted by atomic mass is 10.1. The standard InChI is InChI=1S/C13H14ClNO4/c1-2-9(13(17)18)15-12(16)11-6-7-5-8(14)3-4-10(7)19-11/h3-5,9,11H,2,6H2,1H3,(H,15,16)(H,17,18). The summed E-state index contributed by atoms with van der Waals surface area (Å²) in [6, 6.07) is 4.26. The molecule has 1 aliphatic heterocycles. The highest BCUT2D eigenvalue weighted by atomic mass is 35.5. The van der Waals surface area contributed by atoms with Gasteiger partial charge in [-0.15, -0.1) is 0 Å². The number of fused-ring (bicyclic) bond motifs is 1. The van der Waals surface area contributed by atoms with Gasteiger partial charge >= 0.3 is 5.97 Å². The van der Waals surface area contributed by atoms with E-state index in [2.05, 4.69) is 5.32 Å². The van der Waals surface area contributed by atoms with Crippen molar-refractivity contribution in [2.75, 3.05) is 0 Å². The SMILES string of the molecule is CCC(NC(=O)C1Cc2cc(Cl)ccc2O1)C(=O)O. The van der Waals surface area contributed by atoms with E-state index in [1.54, 1.807) is 25.1 Å². The molecule has 0 saturated carbocycles. The fourth-order valence-corrected chi connectivity index (χ4v) is 2.16. The molecule has 0 radical (unpaired) electrons. The number of carboxylic acid groups (broad SMARTS) is 1. The molecule has 0 saturated heterocycles. The Morgan fingerprint density at radius 1 is 1.58 bits per heavy atom. The van der Waals surface area contributed by atoms with Crippen molar-refractivity contribution >= 4 is 23.5 Å². The second-order valence-corrected chi connectivity index (χ2v) is 4.81. The number of ether oxygens (including phenoxy) is 1. The molecular weight excluding hydrogens is 270 g/mol. The molecule has 0 aliphatic carbocycles. The summed E-state index contributed by atoms with van der Waals surface area (Å²) in [6.45, 7) is 1.70. The maximum absolute atomic E-state index is 11.9. The van der Waals surface area contributed by atoms with Crippen LogP contribution in [0, 0.1) is 0 Å². The van der Waals surface area contributed by atoms with Crippen LogP contribution in [0.4, 0.5) is 0 Å². The molecule has 1 aromatic rings. The summed E-state index contributed by atoms with van der Waals surface area (Å²) in [6.07, 6.45) is 0.0338. The Kier molecular flexibility index (Phi) is 3.95. The molecular formula is C13H14ClNO4. The molecule has 2 atom stereocenters. The summed E-state index contributed by atoms with van der Waals surface area (Å²) in [5, 5.41) is 11.9. The van der Waals surface area contributed by atoms with Gasteiger partial charge < -0.3 is 15.2 Å². The quantitative estimate of drug-likeness (QED) is 0.880. The highest BCUT2D eigenvalue weighted by Crippen LogP contribution is 2.31. The molecule has 1 heterocycles. The number of hydrogen-bond acceptors (Lipinski definition) is 3. The van der Waals surface area contributed by atoms with Gasteiger partial charge in [0.25, 0.3) is 5.91 Å². The molecule has 102 valence electrons. The van der Waals surface area contributed by atoms with Crippen LogP contribution in [0.1, 0.15) is 18.9 Å². The van der Waals surface area contributed by atoms with Crippen LogP contribution in [0.15, 0.2) is 18.2 Å². The van der Waals surface area contributed by atoms with Crippen LogP contribution < -0.4 is 10.1 Å². The Morgan fingerprint density at radius 3 is 2.95 bits per heavy atom. The number of hydrogen-bond donors (Lipinski definition) is 2. The first-order chi connectivity index (χ1) is 9.01. The van der Waals surface area contributed by atoms with Gasteiger partial charge in [-0.1, -0.05) is 18.5 Å². The number of amides is 1. The second kappa shape index (κ2) is 5.48. The summed E-state index contributed by atoms with van der Waals surface area (Å²) in [7, 11) is 0. The predicted molar refractivity (Wildman–Crippen MR) is 69.4 cm³/mol. The predicted octanol–water partition coefficient (Wildman–Crippen LogP) is 1.62. The summed E-state index contributed by atoms with van der Waals surface area (Å²) < 4.78 is 5.49. The zero-order chi connectivity index (χ0) is 14.0. The van der Waals surface area contributed by atoms with Crippen LogP contribution in [0.2, 0.25) is 5.02 Å². The minimum atomic E-state index is -1.05. The fraction of sp³-hybridized carbons (Fsp3) is 0.385. The minimum absolute atomic E-state index is 0.326. The summed E-state index contributed by atoms with van der Waals surface area (Å²) >= 11 is 5.87. The minimum Gasteiger partial charge on any atom is -0.480 e. The van der Waals surface area contributed by atoms with Crippen LogP contribution in [-0.4, -0.2) is 29.1 Å². The summed E-state index contributed by atoms with van der Waals surface area (Å²) in [4.78, 5) is 22.8. The summed E-state index contributed by atoms with van der Waals surface area (Å²) in [5.74, 6) is -0.844. The molecule has 2 rings (SSSR count). The highest BCUT2D eigenvalue weighted by molar-refractivity contribution is 6.30. The molecule has 0 fully saturated rings. The van der Waals surface area contributed by atoms with Crippen molar-refractivity contribution in [3.63, 3.8) is 0 Å². The average Bonchev–Trinajstić information content (AvgIpc) is 2.78. The lowest BCUT2D eigenvalue weighted by molar-refractivity contribution is -0.143. The third-order valence-corrected chi connectivity index (χ3v) is 3.25. The van der Waals surface area contributed by atoms with Gasteiger partial charge in [-0.3, -0.25) is 4.79 Å². The Labute approximate surface area is 115 Å². The van der Waals surface area contributed by atoms with Crippen molar-refractivity contribution in [3.8, 4) is 5.75 Å². The van der Waals surface area contributed by atoms with Gasteiger partial charge in [0.05, 0.1) is 0 Å². The number of carbonyl (C=O) groups excluding carboxylic acids is 1. The Morgan fingerprint density at radius 2 is 2.32 bits per heavy atom. The first kappa shape index (κ1) is 13.7. The smallest absolute Gasteiger partial charge is 0.326 e. The van der Waals surface area contributed by atoms with E-state index in [1.807, 2.05) is 0 Å². The maximum atomic E-state index is 11.9. The van der Waals surface area contributed by atoms with Crippen molar-refractivity contribution in [2.45, 2.75) is 31.9 Å². The van der Waals surface area contributed by atoms with Gasteiger partial charge in [-0.2, -0.15) is 0 Å². The van der Waals surface area contributed by atoms with Crippen LogP contribution in [0.5, 0.6) is 5.75 Å². The number of nitrogens with one attached hydrogen (secondary N) is 1. The van der Waals surface area contributed by atoms with E-state index < -0.39 is 24.0 Å². The van der Waals surface area contributed by atoms with E-state index in [0.29, 0.717) is 23.6 Å². The Bertz CT molecular complexity index is 517. The van der Waals surface area contributed by atoms with Gasteiger partial charge in [0, 0.05) is 11.4 Å². The molecule has 6 heteroatoms. The third-order valence-electron chi connectivity index (χ3n) is 3.01. The highest BCUT2D eigenvalue weighted by Gasteiger charge is 2.31. The normalized spacial score (nSPS) is 18.3. The average molecular weight is 284 g/mol. The third kappa shape index (κ3) is 2.98. The number of rotatable bonds is 4. The molecule has 2 N–H and O–H groups in total. The van der Waals surface area contributed by atoms with E-state index in [4.69, 9.17) is 21.4 Å². The van der Waals surface area contributed by atoms with Crippen molar-refractivity contribution in [1.29, 1.82) is 0 Å². The van der Waals surface area contributed by atoms with Crippen LogP contribution in [0.25, 0.3) is 0 Å². The van der Waals surface area contributed by atoms with E-state index in [-0.39, 0.29) is 0 Å². The topological polar surface area (TPSA) is 75.6 Å². The zero-order valence-electron chi connectivity index (χ0n) is 10.4. The van der Waals surface area contributed by atoms with Crippen molar-refractivity contribution in [1.82, 2.24) is 5.32 Å². The lowest BCUT2D eigenvalue weighted by Crippen LogP contribution is -2.46. The molecule has 2 unspecified atom stereocenters. The van der Waals surface area contributed by atoms with E-state index in [1.165, 1.54) is 0 Å². The molecule has 0 spiro atoms. The van der Waals surface area contributed by atoms with Gasteiger partial charge in [-0.05, 0) is 30.2 Å². The van der Waals surface area contributed by atoms with Gasteiger partial charge in [0.1, 0.15) is 11.8 Å². The van der Waals surface area contributed by atoms with Crippen LogP contribution in [-0.2, 0) is 16.0 Å². The number of aliphatic carboxylic acids is 1.